The SMILES string of the molecule is COc1ccccc1Oc1ncccc1CNC(=O)C(C)(C)C. The van der Waals surface area contributed by atoms with Crippen LogP contribution < -0.4 is 14.8 Å². The van der Waals surface area contributed by atoms with E-state index in [2.05, 4.69) is 10.3 Å². The predicted octanol–water partition coefficient (Wildman–Crippen LogP) is 3.54. The van der Waals surface area contributed by atoms with Crippen LogP contribution in [0.25, 0.3) is 0 Å². The average Bonchev–Trinajstić information content (AvgIpc) is 2.53. The molecule has 1 aromatic carbocycles. The molecule has 1 aromatic heterocycles. The van der Waals surface area contributed by atoms with Gasteiger partial charge in [0.2, 0.25) is 11.8 Å². The van der Waals surface area contributed by atoms with Gasteiger partial charge in [-0.15, -0.1) is 0 Å². The number of methoxy groups -OCH3 is 1. The smallest absolute Gasteiger partial charge is 0.225 e. The number of hydrogen-bond donors (Lipinski definition) is 1. The topological polar surface area (TPSA) is 60.5 Å². The Morgan fingerprint density at radius 1 is 1.13 bits per heavy atom. The Hall–Kier alpha value is -2.56. The summed E-state index contributed by atoms with van der Waals surface area (Å²) in [5.41, 5.74) is 0.363. The summed E-state index contributed by atoms with van der Waals surface area (Å²) in [5, 5.41) is 2.90. The monoisotopic (exact) mass is 314 g/mol. The number of amides is 1. The molecule has 1 heterocycles. The summed E-state index contributed by atoms with van der Waals surface area (Å²) < 4.78 is 11.1. The van der Waals surface area contributed by atoms with Gasteiger partial charge < -0.3 is 14.8 Å². The molecule has 0 saturated heterocycles. The maximum absolute atomic E-state index is 12.0. The Labute approximate surface area is 136 Å². The minimum Gasteiger partial charge on any atom is -0.493 e. The number of benzene rings is 1. The van der Waals surface area contributed by atoms with E-state index < -0.39 is 5.41 Å². The third kappa shape index (κ3) is 4.45. The van der Waals surface area contributed by atoms with Gasteiger partial charge in [-0.1, -0.05) is 39.0 Å². The molecule has 0 atom stereocenters. The van der Waals surface area contributed by atoms with E-state index in [1.54, 1.807) is 13.3 Å². The van der Waals surface area contributed by atoms with Crippen molar-refractivity contribution >= 4 is 5.91 Å². The van der Waals surface area contributed by atoms with Crippen LogP contribution in [0, 0.1) is 5.41 Å². The molecule has 23 heavy (non-hydrogen) atoms. The molecule has 1 amide bonds. The maximum Gasteiger partial charge on any atom is 0.225 e. The molecule has 5 heteroatoms. The van der Waals surface area contributed by atoms with Crippen molar-refractivity contribution in [2.45, 2.75) is 27.3 Å². The van der Waals surface area contributed by atoms with Gasteiger partial charge in [-0.3, -0.25) is 4.79 Å². The molecule has 122 valence electrons. The second-order valence-electron chi connectivity index (χ2n) is 6.15. The van der Waals surface area contributed by atoms with Crippen LogP contribution in [0.5, 0.6) is 17.4 Å². The normalized spacial score (nSPS) is 11.0. The second kappa shape index (κ2) is 7.13. The van der Waals surface area contributed by atoms with Crippen LogP contribution in [0.2, 0.25) is 0 Å². The molecule has 0 aliphatic carbocycles. The highest BCUT2D eigenvalue weighted by Crippen LogP contribution is 2.31. The molecule has 0 bridgehead atoms. The molecule has 0 saturated carbocycles. The van der Waals surface area contributed by atoms with Gasteiger partial charge in [0.25, 0.3) is 0 Å². The van der Waals surface area contributed by atoms with Crippen molar-refractivity contribution in [1.82, 2.24) is 10.3 Å². The van der Waals surface area contributed by atoms with Crippen LogP contribution in [-0.2, 0) is 11.3 Å². The quantitative estimate of drug-likeness (QED) is 0.917. The molecule has 0 spiro atoms. The van der Waals surface area contributed by atoms with E-state index in [4.69, 9.17) is 9.47 Å². The van der Waals surface area contributed by atoms with Crippen molar-refractivity contribution in [1.29, 1.82) is 0 Å². The van der Waals surface area contributed by atoms with E-state index in [0.717, 1.165) is 5.56 Å². The fourth-order valence-electron chi connectivity index (χ4n) is 1.90. The highest BCUT2D eigenvalue weighted by atomic mass is 16.5. The number of nitrogens with one attached hydrogen (secondary N) is 1. The Kier molecular flexibility index (Phi) is 5.21. The molecule has 2 rings (SSSR count). The van der Waals surface area contributed by atoms with E-state index >= 15 is 0 Å². The Morgan fingerprint density at radius 3 is 2.48 bits per heavy atom. The first-order valence-corrected chi connectivity index (χ1v) is 7.45. The van der Waals surface area contributed by atoms with Crippen molar-refractivity contribution in [3.63, 3.8) is 0 Å². The summed E-state index contributed by atoms with van der Waals surface area (Å²) in [4.78, 5) is 16.3. The van der Waals surface area contributed by atoms with Crippen LogP contribution in [-0.4, -0.2) is 18.0 Å². The van der Waals surface area contributed by atoms with Crippen LogP contribution >= 0.6 is 0 Å². The molecule has 0 fully saturated rings. The summed E-state index contributed by atoms with van der Waals surface area (Å²) >= 11 is 0. The molecule has 0 radical (unpaired) electrons. The van der Waals surface area contributed by atoms with Gasteiger partial charge in [0.1, 0.15) is 0 Å². The maximum atomic E-state index is 12.0. The average molecular weight is 314 g/mol. The lowest BCUT2D eigenvalue weighted by Crippen LogP contribution is -2.34. The Balaban J connectivity index is 2.16. The van der Waals surface area contributed by atoms with E-state index in [1.165, 1.54) is 0 Å². The first kappa shape index (κ1) is 16.8. The first-order chi connectivity index (χ1) is 10.9. The molecule has 0 unspecified atom stereocenters. The zero-order valence-corrected chi connectivity index (χ0v) is 13.9. The Morgan fingerprint density at radius 2 is 1.83 bits per heavy atom. The first-order valence-electron chi connectivity index (χ1n) is 7.45. The Bertz CT molecular complexity index is 678. The number of para-hydroxylation sites is 2. The van der Waals surface area contributed by atoms with Crippen LogP contribution in [0.15, 0.2) is 42.6 Å². The lowest BCUT2D eigenvalue weighted by Gasteiger charge is -2.18. The highest BCUT2D eigenvalue weighted by molar-refractivity contribution is 5.81. The zero-order chi connectivity index (χ0) is 16.9. The number of pyridine rings is 1. The van der Waals surface area contributed by atoms with E-state index in [1.807, 2.05) is 57.2 Å². The summed E-state index contributed by atoms with van der Waals surface area (Å²) in [6.07, 6.45) is 1.65. The predicted molar refractivity (Wildman–Crippen MR) is 88.6 cm³/mol. The number of rotatable bonds is 5. The summed E-state index contributed by atoms with van der Waals surface area (Å²) in [7, 11) is 1.59. The number of aromatic nitrogens is 1. The molecular formula is C18H22N2O3. The third-order valence-corrected chi connectivity index (χ3v) is 3.25. The van der Waals surface area contributed by atoms with Gasteiger partial charge in [0, 0.05) is 23.7 Å². The van der Waals surface area contributed by atoms with E-state index in [9.17, 15) is 4.79 Å². The third-order valence-electron chi connectivity index (χ3n) is 3.25. The van der Waals surface area contributed by atoms with Gasteiger partial charge >= 0.3 is 0 Å². The van der Waals surface area contributed by atoms with E-state index in [-0.39, 0.29) is 5.91 Å². The summed E-state index contributed by atoms with van der Waals surface area (Å²) in [6, 6.07) is 11.1. The highest BCUT2D eigenvalue weighted by Gasteiger charge is 2.21. The largest absolute Gasteiger partial charge is 0.493 e. The van der Waals surface area contributed by atoms with Gasteiger partial charge in [0.15, 0.2) is 11.5 Å². The van der Waals surface area contributed by atoms with Crippen molar-refractivity contribution in [3.8, 4) is 17.4 Å². The second-order valence-corrected chi connectivity index (χ2v) is 6.15. The molecule has 5 nitrogen and oxygen atoms in total. The minimum atomic E-state index is -0.439. The van der Waals surface area contributed by atoms with Gasteiger partial charge in [-0.25, -0.2) is 4.98 Å². The number of carbonyl (C=O) groups excluding carboxylic acids is 1. The van der Waals surface area contributed by atoms with Crippen LogP contribution in [0.1, 0.15) is 26.3 Å². The fourth-order valence-corrected chi connectivity index (χ4v) is 1.90. The van der Waals surface area contributed by atoms with Crippen molar-refractivity contribution in [2.24, 2.45) is 5.41 Å². The number of ether oxygens (including phenoxy) is 2. The zero-order valence-electron chi connectivity index (χ0n) is 13.9. The van der Waals surface area contributed by atoms with Crippen LogP contribution in [0.4, 0.5) is 0 Å². The minimum absolute atomic E-state index is 0.0235. The number of hydrogen-bond acceptors (Lipinski definition) is 4. The van der Waals surface area contributed by atoms with Crippen LogP contribution in [0.3, 0.4) is 0 Å². The van der Waals surface area contributed by atoms with Crippen molar-refractivity contribution in [3.05, 3.63) is 48.2 Å². The molecule has 0 aliphatic rings. The summed E-state index contributed by atoms with van der Waals surface area (Å²) in [6.45, 7) is 5.97. The lowest BCUT2D eigenvalue weighted by molar-refractivity contribution is -0.128. The molecule has 1 N–H and O–H groups in total. The molecule has 0 aliphatic heterocycles. The molecule has 2 aromatic rings. The van der Waals surface area contributed by atoms with Crippen molar-refractivity contribution in [2.75, 3.05) is 7.11 Å². The number of carbonyl (C=O) groups is 1. The number of nitrogens with zero attached hydrogens (tertiary/aromatic N) is 1. The van der Waals surface area contributed by atoms with Gasteiger partial charge in [-0.05, 0) is 18.2 Å². The lowest BCUT2D eigenvalue weighted by atomic mass is 9.95. The van der Waals surface area contributed by atoms with Gasteiger partial charge in [-0.2, -0.15) is 0 Å². The standard InChI is InChI=1S/C18H22N2O3/c1-18(2,3)17(21)20-12-13-8-7-11-19-16(13)23-15-10-6-5-9-14(15)22-4/h5-11H,12H2,1-4H3,(H,20,21). The summed E-state index contributed by atoms with van der Waals surface area (Å²) in [5.74, 6) is 1.63. The molecular weight excluding hydrogens is 292 g/mol. The van der Waals surface area contributed by atoms with Crippen molar-refractivity contribution < 1.29 is 14.3 Å². The van der Waals surface area contributed by atoms with Gasteiger partial charge in [0.05, 0.1) is 7.11 Å². The van der Waals surface area contributed by atoms with E-state index in [0.29, 0.717) is 23.9 Å². The fraction of sp³-hybridized carbons (Fsp3) is 0.333.